The number of rotatable bonds is 17. The molecule has 0 aliphatic carbocycles. The highest BCUT2D eigenvalue weighted by atomic mass is 35.5. The third kappa shape index (κ3) is 10.5. The zero-order valence-corrected chi connectivity index (χ0v) is 35.6. The van der Waals surface area contributed by atoms with Gasteiger partial charge in [0.2, 0.25) is 5.88 Å². The highest BCUT2D eigenvalue weighted by Gasteiger charge is 2.52. The van der Waals surface area contributed by atoms with Crippen LogP contribution < -0.4 is 9.47 Å². The third-order valence-electron chi connectivity index (χ3n) is 9.97. The number of halogens is 3. The van der Waals surface area contributed by atoms with Crippen molar-refractivity contribution in [1.82, 2.24) is 14.5 Å². The maximum absolute atomic E-state index is 15.1. The topological polar surface area (TPSA) is 112 Å². The molecule has 0 saturated carbocycles. The quantitative estimate of drug-likeness (QED) is 0.0569. The molecule has 0 unspecified atom stereocenters. The van der Waals surface area contributed by atoms with Crippen LogP contribution >= 0.6 is 11.6 Å². The van der Waals surface area contributed by atoms with Gasteiger partial charge in [0, 0.05) is 20.8 Å². The molecule has 2 saturated heterocycles. The minimum atomic E-state index is -2.07. The van der Waals surface area contributed by atoms with E-state index in [0.717, 1.165) is 37.1 Å². The van der Waals surface area contributed by atoms with Crippen molar-refractivity contribution in [2.24, 2.45) is 0 Å². The number of nitrogens with zero attached hydrogens (tertiary/aromatic N) is 3. The molecule has 2 aliphatic rings. The van der Waals surface area contributed by atoms with Crippen LogP contribution in [0.3, 0.4) is 0 Å². The molecule has 4 heterocycles. The summed E-state index contributed by atoms with van der Waals surface area (Å²) in [5.74, 6) is -2.35. The van der Waals surface area contributed by atoms with Crippen LogP contribution in [0.5, 0.6) is 11.9 Å². The van der Waals surface area contributed by atoms with Gasteiger partial charge < -0.3 is 32.8 Å². The Hall–Kier alpha value is -2.93. The van der Waals surface area contributed by atoms with Gasteiger partial charge in [-0.15, -0.1) is 0 Å². The largest absolute Gasteiger partial charge is 0.471 e. The highest BCUT2D eigenvalue weighted by molar-refractivity contribution is 6.76. The lowest BCUT2D eigenvalue weighted by molar-refractivity contribution is -0.137. The van der Waals surface area contributed by atoms with E-state index >= 15 is 8.78 Å². The molecule has 4 atom stereocenters. The van der Waals surface area contributed by atoms with E-state index in [0.29, 0.717) is 24.4 Å². The van der Waals surface area contributed by atoms with Gasteiger partial charge in [-0.3, -0.25) is 4.57 Å². The summed E-state index contributed by atoms with van der Waals surface area (Å²) in [5, 5.41) is 0.127. The van der Waals surface area contributed by atoms with Gasteiger partial charge in [-0.1, -0.05) is 65.4 Å². The molecule has 0 bridgehead atoms. The Bertz CT molecular complexity index is 1790. The molecule has 0 amide bonds. The lowest BCUT2D eigenvalue weighted by Gasteiger charge is -2.39. The molecule has 0 spiro atoms. The van der Waals surface area contributed by atoms with Crippen molar-refractivity contribution in [3.63, 3.8) is 0 Å². The highest BCUT2D eigenvalue weighted by Crippen LogP contribution is 2.41. The lowest BCUT2D eigenvalue weighted by atomic mass is 10.1. The van der Waals surface area contributed by atoms with E-state index in [1.165, 1.54) is 6.08 Å². The Labute approximate surface area is 323 Å². The second-order valence-corrected chi connectivity index (χ2v) is 27.3. The molecule has 16 heteroatoms. The number of fused-ring (bicyclic) bond motifs is 2. The minimum absolute atomic E-state index is 0.0349. The number of aromatic nitrogens is 3. The van der Waals surface area contributed by atoms with Gasteiger partial charge in [0.1, 0.15) is 47.7 Å². The van der Waals surface area contributed by atoms with Crippen LogP contribution in [-0.4, -0.2) is 87.7 Å². The summed E-state index contributed by atoms with van der Waals surface area (Å²) < 4.78 is 74.4. The number of ether oxygens (including phenoxy) is 6. The second-order valence-electron chi connectivity index (χ2n) is 16.6. The Kier molecular flexibility index (Phi) is 13.7. The normalized spacial score (nSPS) is 20.6. The van der Waals surface area contributed by atoms with Gasteiger partial charge in [-0.2, -0.15) is 9.97 Å². The van der Waals surface area contributed by atoms with Gasteiger partial charge in [-0.25, -0.2) is 13.6 Å². The summed E-state index contributed by atoms with van der Waals surface area (Å²) in [7, 11) is -3.45. The Morgan fingerprint density at radius 1 is 1.02 bits per heavy atom. The van der Waals surface area contributed by atoms with Crippen LogP contribution in [0.2, 0.25) is 48.8 Å². The zero-order chi connectivity index (χ0) is 39.4. The van der Waals surface area contributed by atoms with Crippen molar-refractivity contribution in [1.29, 1.82) is 0 Å². The fourth-order valence-electron chi connectivity index (χ4n) is 5.68. The number of carbonyl (C=O) groups is 1. The zero-order valence-electron chi connectivity index (χ0n) is 32.8. The molecule has 0 radical (unpaired) electrons. The number of unbranched alkanes of at least 4 members (excludes halogenated alkanes) is 1. The van der Waals surface area contributed by atoms with Gasteiger partial charge >= 0.3 is 12.0 Å². The molecule has 2 aromatic heterocycles. The van der Waals surface area contributed by atoms with E-state index in [9.17, 15) is 4.79 Å². The number of esters is 1. The van der Waals surface area contributed by atoms with Crippen LogP contribution in [0.4, 0.5) is 8.78 Å². The summed E-state index contributed by atoms with van der Waals surface area (Å²) in [6.07, 6.45) is 2.73. The summed E-state index contributed by atoms with van der Waals surface area (Å²) in [6, 6.07) is 4.97. The lowest BCUT2D eigenvalue weighted by Crippen LogP contribution is -2.47. The van der Waals surface area contributed by atoms with Gasteiger partial charge in [0.15, 0.2) is 20.1 Å². The summed E-state index contributed by atoms with van der Waals surface area (Å²) >= 11 is 6.58. The Morgan fingerprint density at radius 2 is 1.69 bits per heavy atom. The first-order valence-electron chi connectivity index (χ1n) is 18.5. The fourth-order valence-corrected chi connectivity index (χ4v) is 7.95. The molecule has 54 heavy (non-hydrogen) atoms. The van der Waals surface area contributed by atoms with Crippen LogP contribution in [0.1, 0.15) is 51.7 Å². The number of benzene rings is 1. The van der Waals surface area contributed by atoms with Crippen molar-refractivity contribution in [3.05, 3.63) is 52.1 Å². The number of hydrogen-bond acceptors (Lipinski definition) is 10. The molecule has 5 rings (SSSR count). The van der Waals surface area contributed by atoms with Crippen molar-refractivity contribution in [2.45, 2.75) is 122 Å². The smallest absolute Gasteiger partial charge is 0.330 e. The van der Waals surface area contributed by atoms with E-state index in [4.69, 9.17) is 49.4 Å². The molecular weight excluding hydrogens is 756 g/mol. The van der Waals surface area contributed by atoms with Crippen molar-refractivity contribution >= 4 is 51.2 Å². The Balaban J connectivity index is 1.34. The van der Waals surface area contributed by atoms with Crippen molar-refractivity contribution in [3.8, 4) is 11.9 Å². The van der Waals surface area contributed by atoms with Gasteiger partial charge in [0.25, 0.3) is 0 Å². The van der Waals surface area contributed by atoms with Crippen molar-refractivity contribution in [2.75, 3.05) is 26.4 Å². The molecule has 0 N–H and O–H groups in total. The number of carbonyl (C=O) groups excluding carboxylic acids is 1. The molecule has 2 aliphatic heterocycles. The standard InChI is InChI=1S/C38H54ClF2N3O8Si2/c1-10-11-14-47-32(45)13-12-24-17-27(40)25(28(41)18-24)20-50-36-26(39)19-29-35(43-36)44(23-46-15-16-53(5,6)7)37(42-29)51-30-21-48-34-31(22-49-33(30)34)52-54(8,9)38(2,3)4/h12-13,17-19,30-31,33-34H,10-11,14-16,20-23H2,1-9H3/b13-12+/t30-,31-,33-,34-/m1/s1. The van der Waals surface area contributed by atoms with E-state index in [1.807, 2.05) is 6.92 Å². The molecule has 11 nitrogen and oxygen atoms in total. The minimum Gasteiger partial charge on any atom is -0.471 e. The van der Waals surface area contributed by atoms with Crippen LogP contribution in [0.15, 0.2) is 24.3 Å². The predicted octanol–water partition coefficient (Wildman–Crippen LogP) is 8.55. The number of pyridine rings is 1. The van der Waals surface area contributed by atoms with Gasteiger partial charge in [0.05, 0.1) is 31.5 Å². The third-order valence-corrected chi connectivity index (χ3v) is 16.4. The van der Waals surface area contributed by atoms with Crippen molar-refractivity contribution < 1.29 is 46.4 Å². The maximum atomic E-state index is 15.1. The first kappa shape index (κ1) is 42.2. The van der Waals surface area contributed by atoms with Crippen LogP contribution in [0.25, 0.3) is 17.2 Å². The second kappa shape index (κ2) is 17.5. The van der Waals surface area contributed by atoms with E-state index in [1.54, 1.807) is 10.6 Å². The summed E-state index contributed by atoms with van der Waals surface area (Å²) in [5.41, 5.74) is 0.599. The molecule has 2 fully saturated rings. The number of imidazole rings is 1. The van der Waals surface area contributed by atoms with Crippen LogP contribution in [-0.2, 0) is 41.5 Å². The monoisotopic (exact) mass is 809 g/mol. The maximum Gasteiger partial charge on any atom is 0.330 e. The fraction of sp³-hybridized carbons (Fsp3) is 0.605. The molecule has 3 aromatic rings. The van der Waals surface area contributed by atoms with E-state index < -0.39 is 46.7 Å². The first-order valence-corrected chi connectivity index (χ1v) is 25.5. The Morgan fingerprint density at radius 3 is 2.33 bits per heavy atom. The molecular formula is C38H54ClF2N3O8Si2. The average molecular weight is 810 g/mol. The first-order chi connectivity index (χ1) is 25.4. The summed E-state index contributed by atoms with van der Waals surface area (Å²) in [6.45, 7) is 20.9. The van der Waals surface area contributed by atoms with Crippen LogP contribution in [0, 0.1) is 11.6 Å². The molecule has 298 valence electrons. The number of hydrogen-bond donors (Lipinski definition) is 0. The molecule has 1 aromatic carbocycles. The van der Waals surface area contributed by atoms with E-state index in [-0.39, 0.29) is 71.3 Å². The predicted molar refractivity (Wildman–Crippen MR) is 208 cm³/mol. The average Bonchev–Trinajstić information content (AvgIpc) is 3.75. The van der Waals surface area contributed by atoms with E-state index in [2.05, 4.69) is 58.5 Å². The SMILES string of the molecule is CCCCOC(=O)/C=C/c1cc(F)c(COc2nc3c(cc2Cl)nc(O[C@@H]2CO[C@H]4[C@@H]2OC[C@H]4O[Si](C)(C)C(C)(C)C)n3COCC[Si](C)(C)C)c(F)c1. The summed E-state index contributed by atoms with van der Waals surface area (Å²) in [4.78, 5) is 21.2. The van der Waals surface area contributed by atoms with Gasteiger partial charge in [-0.05, 0) is 60.4 Å².